The Morgan fingerprint density at radius 1 is 1.19 bits per heavy atom. The molecule has 3 atom stereocenters. The first kappa shape index (κ1) is 17.5. The highest BCUT2D eigenvalue weighted by Crippen LogP contribution is 2.21. The van der Waals surface area contributed by atoms with E-state index in [4.69, 9.17) is 4.74 Å². The summed E-state index contributed by atoms with van der Waals surface area (Å²) in [5.74, 6) is 0.0804. The molecule has 0 bridgehead atoms. The van der Waals surface area contributed by atoms with E-state index in [-0.39, 0.29) is 30.0 Å². The minimum atomic E-state index is -0.325. The second-order valence-electron chi connectivity index (χ2n) is 7.59. The number of nitrogens with two attached hydrogens (primary N) is 1. The molecule has 4 rings (SSSR count). The number of hydrogen-bond donors (Lipinski definition) is 2. The van der Waals surface area contributed by atoms with Gasteiger partial charge in [-0.2, -0.15) is 0 Å². The number of carbonyl (C=O) groups excluding carboxylic acids is 2. The van der Waals surface area contributed by atoms with Crippen LogP contribution in [0.2, 0.25) is 0 Å². The van der Waals surface area contributed by atoms with Gasteiger partial charge in [-0.3, -0.25) is 9.59 Å². The molecule has 3 aliphatic heterocycles. The quantitative estimate of drug-likeness (QED) is 0.793. The number of rotatable bonds is 4. The van der Waals surface area contributed by atoms with Crippen molar-refractivity contribution in [2.24, 2.45) is 0 Å². The molecular formula is C20H28N3O3+. The van der Waals surface area contributed by atoms with Crippen molar-refractivity contribution in [2.45, 2.75) is 56.8 Å². The van der Waals surface area contributed by atoms with Crippen LogP contribution in [0.5, 0.6) is 0 Å². The van der Waals surface area contributed by atoms with E-state index in [0.717, 1.165) is 45.3 Å². The van der Waals surface area contributed by atoms with Crippen LogP contribution in [0.1, 0.15) is 36.8 Å². The summed E-state index contributed by atoms with van der Waals surface area (Å²) in [6, 6.07) is 7.88. The Labute approximate surface area is 154 Å². The summed E-state index contributed by atoms with van der Waals surface area (Å²) in [6.45, 7) is 2.85. The lowest BCUT2D eigenvalue weighted by Gasteiger charge is -2.29. The third-order valence-corrected chi connectivity index (χ3v) is 5.86. The van der Waals surface area contributed by atoms with Gasteiger partial charge in [0.1, 0.15) is 12.6 Å². The average molecular weight is 358 g/mol. The van der Waals surface area contributed by atoms with Crippen molar-refractivity contribution in [3.05, 3.63) is 35.4 Å². The first-order valence-corrected chi connectivity index (χ1v) is 9.82. The van der Waals surface area contributed by atoms with Gasteiger partial charge >= 0.3 is 0 Å². The predicted octanol–water partition coefficient (Wildman–Crippen LogP) is -0.0391. The number of benzene rings is 1. The summed E-state index contributed by atoms with van der Waals surface area (Å²) in [7, 11) is 0. The SMILES string of the molecule is O=C(NC[C@H]1CCCO1)[C@@H]1CCCN1C(=O)[C@@H]1Cc2ccccc2C[NH2+]1. The zero-order chi connectivity index (χ0) is 17.9. The maximum absolute atomic E-state index is 13.1. The standard InChI is InChI=1S/C20H27N3O3/c24-19(22-13-16-7-4-10-26-16)18-8-3-9-23(18)20(25)17-11-14-5-1-2-6-15(14)12-21-17/h1-2,5-6,16-18,21H,3-4,7-13H2,(H,22,24)/p+1/t16-,17+,18+/m1/s1. The molecule has 3 N–H and O–H groups in total. The van der Waals surface area contributed by atoms with Crippen molar-refractivity contribution in [1.29, 1.82) is 0 Å². The Bertz CT molecular complexity index is 672. The van der Waals surface area contributed by atoms with Crippen LogP contribution in [-0.4, -0.2) is 54.6 Å². The van der Waals surface area contributed by atoms with Crippen molar-refractivity contribution in [3.63, 3.8) is 0 Å². The molecule has 6 nitrogen and oxygen atoms in total. The van der Waals surface area contributed by atoms with Crippen molar-refractivity contribution >= 4 is 11.8 Å². The van der Waals surface area contributed by atoms with Gasteiger partial charge in [-0.15, -0.1) is 0 Å². The number of carbonyl (C=O) groups is 2. The van der Waals surface area contributed by atoms with Crippen molar-refractivity contribution in [3.8, 4) is 0 Å². The van der Waals surface area contributed by atoms with E-state index in [0.29, 0.717) is 13.1 Å². The van der Waals surface area contributed by atoms with E-state index in [1.165, 1.54) is 11.1 Å². The maximum Gasteiger partial charge on any atom is 0.281 e. The first-order chi connectivity index (χ1) is 12.7. The van der Waals surface area contributed by atoms with Gasteiger partial charge in [0.15, 0.2) is 6.04 Å². The van der Waals surface area contributed by atoms with Gasteiger partial charge in [-0.1, -0.05) is 24.3 Å². The summed E-state index contributed by atoms with van der Waals surface area (Å²) in [6.07, 6.45) is 4.60. The van der Waals surface area contributed by atoms with Gasteiger partial charge < -0.3 is 20.3 Å². The molecule has 26 heavy (non-hydrogen) atoms. The lowest BCUT2D eigenvalue weighted by atomic mass is 9.95. The summed E-state index contributed by atoms with van der Waals surface area (Å²) < 4.78 is 5.57. The number of fused-ring (bicyclic) bond motifs is 1. The molecule has 0 radical (unpaired) electrons. The lowest BCUT2D eigenvalue weighted by Crippen LogP contribution is -2.93. The normalized spacial score (nSPS) is 28.0. The molecule has 0 aliphatic carbocycles. The molecule has 0 unspecified atom stereocenters. The number of likely N-dealkylation sites (tertiary alicyclic amines) is 1. The fourth-order valence-corrected chi connectivity index (χ4v) is 4.39. The molecule has 2 fully saturated rings. The largest absolute Gasteiger partial charge is 0.376 e. The van der Waals surface area contributed by atoms with Crippen LogP contribution in [0.25, 0.3) is 0 Å². The molecule has 1 aromatic carbocycles. The molecule has 2 amide bonds. The van der Waals surface area contributed by atoms with E-state index in [1.807, 2.05) is 12.1 Å². The summed E-state index contributed by atoms with van der Waals surface area (Å²) in [5.41, 5.74) is 2.57. The van der Waals surface area contributed by atoms with Crippen LogP contribution < -0.4 is 10.6 Å². The number of ether oxygens (including phenoxy) is 1. The van der Waals surface area contributed by atoms with Crippen molar-refractivity contribution < 1.29 is 19.6 Å². The third-order valence-electron chi connectivity index (χ3n) is 5.86. The molecule has 2 saturated heterocycles. The number of nitrogens with one attached hydrogen (secondary N) is 1. The zero-order valence-electron chi connectivity index (χ0n) is 15.2. The van der Waals surface area contributed by atoms with Crippen LogP contribution in [0.3, 0.4) is 0 Å². The van der Waals surface area contributed by atoms with Gasteiger partial charge in [0, 0.05) is 31.7 Å². The predicted molar refractivity (Wildman–Crippen MR) is 96.3 cm³/mol. The second kappa shape index (κ2) is 7.76. The highest BCUT2D eigenvalue weighted by Gasteiger charge is 2.39. The van der Waals surface area contributed by atoms with E-state index >= 15 is 0 Å². The molecule has 0 saturated carbocycles. The molecular weight excluding hydrogens is 330 g/mol. The number of amides is 2. The molecule has 6 heteroatoms. The Morgan fingerprint density at radius 3 is 2.85 bits per heavy atom. The zero-order valence-corrected chi connectivity index (χ0v) is 15.2. The van der Waals surface area contributed by atoms with Crippen LogP contribution >= 0.6 is 0 Å². The number of quaternary nitrogens is 1. The van der Waals surface area contributed by atoms with Crippen LogP contribution in [0.15, 0.2) is 24.3 Å². The van der Waals surface area contributed by atoms with E-state index in [1.54, 1.807) is 4.90 Å². The van der Waals surface area contributed by atoms with Gasteiger partial charge in [-0.05, 0) is 31.2 Å². The molecule has 3 heterocycles. The monoisotopic (exact) mass is 358 g/mol. The van der Waals surface area contributed by atoms with Gasteiger partial charge in [0.2, 0.25) is 5.91 Å². The topological polar surface area (TPSA) is 75.2 Å². The minimum absolute atomic E-state index is 0.0254. The molecule has 1 aromatic rings. The van der Waals surface area contributed by atoms with Gasteiger partial charge in [-0.25, -0.2) is 0 Å². The van der Waals surface area contributed by atoms with E-state index in [9.17, 15) is 9.59 Å². The van der Waals surface area contributed by atoms with Crippen LogP contribution in [0, 0.1) is 0 Å². The molecule has 140 valence electrons. The second-order valence-corrected chi connectivity index (χ2v) is 7.59. The van der Waals surface area contributed by atoms with Crippen molar-refractivity contribution in [2.75, 3.05) is 19.7 Å². The average Bonchev–Trinajstić information content (AvgIpc) is 3.37. The fourth-order valence-electron chi connectivity index (χ4n) is 4.39. The van der Waals surface area contributed by atoms with Crippen molar-refractivity contribution in [1.82, 2.24) is 10.2 Å². The Kier molecular flexibility index (Phi) is 5.22. The Morgan fingerprint density at radius 2 is 2.04 bits per heavy atom. The first-order valence-electron chi connectivity index (χ1n) is 9.82. The van der Waals surface area contributed by atoms with Crippen LogP contribution in [-0.2, 0) is 27.3 Å². The molecule has 3 aliphatic rings. The minimum Gasteiger partial charge on any atom is -0.376 e. The number of hydrogen-bond acceptors (Lipinski definition) is 3. The molecule has 0 spiro atoms. The Hall–Kier alpha value is -1.92. The van der Waals surface area contributed by atoms with Gasteiger partial charge in [0.25, 0.3) is 5.91 Å². The fraction of sp³-hybridized carbons (Fsp3) is 0.600. The highest BCUT2D eigenvalue weighted by atomic mass is 16.5. The van der Waals surface area contributed by atoms with Crippen LogP contribution in [0.4, 0.5) is 0 Å². The maximum atomic E-state index is 13.1. The lowest BCUT2D eigenvalue weighted by molar-refractivity contribution is -0.695. The summed E-state index contributed by atoms with van der Waals surface area (Å²) in [4.78, 5) is 27.5. The highest BCUT2D eigenvalue weighted by molar-refractivity contribution is 5.90. The summed E-state index contributed by atoms with van der Waals surface area (Å²) >= 11 is 0. The molecule has 0 aromatic heterocycles. The smallest absolute Gasteiger partial charge is 0.281 e. The summed E-state index contributed by atoms with van der Waals surface area (Å²) in [5, 5.41) is 5.12. The van der Waals surface area contributed by atoms with E-state index < -0.39 is 0 Å². The third kappa shape index (κ3) is 3.62. The van der Waals surface area contributed by atoms with E-state index in [2.05, 4.69) is 22.8 Å². The Balaban J connectivity index is 1.36. The number of nitrogens with zero attached hydrogens (tertiary/aromatic N) is 1. The van der Waals surface area contributed by atoms with Gasteiger partial charge in [0.05, 0.1) is 6.10 Å².